The number of hydrogen-bond acceptors (Lipinski definition) is 5. The van der Waals surface area contributed by atoms with Gasteiger partial charge in [0, 0.05) is 13.1 Å². The Morgan fingerprint density at radius 1 is 1.04 bits per heavy atom. The predicted octanol–water partition coefficient (Wildman–Crippen LogP) is 5.12. The summed E-state index contributed by atoms with van der Waals surface area (Å²) < 4.78 is 3.26. The standard InChI is InChI=1S/C20H19N3OS3/c24-18(22-13-7-8-14-22)17(15-9-3-1-4-10-15)26-19-21-23(20(25)27-19)16-11-5-2-6-12-16/h1-6,9-12,17H,7-8,13-14H2/t17-/m0/s1. The highest BCUT2D eigenvalue weighted by Crippen LogP contribution is 2.39. The van der Waals surface area contributed by atoms with Gasteiger partial charge >= 0.3 is 0 Å². The fourth-order valence-corrected chi connectivity index (χ4v) is 5.77. The third kappa shape index (κ3) is 4.15. The number of hydrogen-bond donors (Lipinski definition) is 0. The summed E-state index contributed by atoms with van der Waals surface area (Å²) in [6.07, 6.45) is 2.17. The molecule has 3 aromatic rings. The largest absolute Gasteiger partial charge is 0.341 e. The zero-order valence-corrected chi connectivity index (χ0v) is 17.1. The van der Waals surface area contributed by atoms with Crippen LogP contribution in [0.1, 0.15) is 23.7 Å². The summed E-state index contributed by atoms with van der Waals surface area (Å²) in [6.45, 7) is 1.69. The molecule has 2 aromatic carbocycles. The number of thioether (sulfide) groups is 1. The molecule has 7 heteroatoms. The van der Waals surface area contributed by atoms with Gasteiger partial charge < -0.3 is 4.90 Å². The molecule has 1 aromatic heterocycles. The fourth-order valence-electron chi connectivity index (χ4n) is 3.13. The SMILES string of the molecule is O=C([C@@H](Sc1nn(-c2ccccc2)c(=S)s1)c1ccccc1)N1CCCC1. The lowest BCUT2D eigenvalue weighted by Gasteiger charge is -2.22. The number of amides is 1. The third-order valence-electron chi connectivity index (χ3n) is 4.49. The topological polar surface area (TPSA) is 38.1 Å². The monoisotopic (exact) mass is 413 g/mol. The van der Waals surface area contributed by atoms with Crippen LogP contribution in [0.5, 0.6) is 0 Å². The van der Waals surface area contributed by atoms with Crippen molar-refractivity contribution < 1.29 is 4.79 Å². The van der Waals surface area contributed by atoms with Gasteiger partial charge in [-0.2, -0.15) is 0 Å². The highest BCUT2D eigenvalue weighted by Gasteiger charge is 2.29. The summed E-state index contributed by atoms with van der Waals surface area (Å²) in [7, 11) is 0. The van der Waals surface area contributed by atoms with E-state index in [9.17, 15) is 4.79 Å². The molecule has 27 heavy (non-hydrogen) atoms. The van der Waals surface area contributed by atoms with Crippen LogP contribution in [0.4, 0.5) is 0 Å². The second-order valence-electron chi connectivity index (χ2n) is 6.32. The van der Waals surface area contributed by atoms with Gasteiger partial charge in [0.05, 0.1) is 5.69 Å². The third-order valence-corrected chi connectivity index (χ3v) is 7.05. The first-order chi connectivity index (χ1) is 13.2. The van der Waals surface area contributed by atoms with E-state index in [0.717, 1.165) is 41.5 Å². The maximum Gasteiger partial charge on any atom is 0.240 e. The van der Waals surface area contributed by atoms with Gasteiger partial charge in [-0.3, -0.25) is 4.79 Å². The molecule has 1 saturated heterocycles. The van der Waals surface area contributed by atoms with E-state index in [1.54, 1.807) is 4.68 Å². The maximum absolute atomic E-state index is 13.2. The van der Waals surface area contributed by atoms with Crippen molar-refractivity contribution in [2.24, 2.45) is 0 Å². The average molecular weight is 414 g/mol. The first-order valence-corrected chi connectivity index (χ1v) is 11.0. The van der Waals surface area contributed by atoms with E-state index in [4.69, 9.17) is 12.2 Å². The molecule has 4 nitrogen and oxygen atoms in total. The maximum atomic E-state index is 13.2. The summed E-state index contributed by atoms with van der Waals surface area (Å²) in [5.41, 5.74) is 1.94. The Hall–Kier alpha value is -1.96. The molecular formula is C20H19N3OS3. The first-order valence-electron chi connectivity index (χ1n) is 8.88. The number of likely N-dealkylation sites (tertiary alicyclic amines) is 1. The lowest BCUT2D eigenvalue weighted by molar-refractivity contribution is -0.129. The van der Waals surface area contributed by atoms with Crippen molar-refractivity contribution in [1.29, 1.82) is 0 Å². The number of nitrogens with zero attached hydrogens (tertiary/aromatic N) is 3. The van der Waals surface area contributed by atoms with Crippen LogP contribution in [0.15, 0.2) is 65.0 Å². The van der Waals surface area contributed by atoms with Crippen molar-refractivity contribution >= 4 is 41.2 Å². The molecule has 0 saturated carbocycles. The lowest BCUT2D eigenvalue weighted by Crippen LogP contribution is -2.31. The quantitative estimate of drug-likeness (QED) is 0.430. The van der Waals surface area contributed by atoms with Crippen molar-refractivity contribution in [3.63, 3.8) is 0 Å². The summed E-state index contributed by atoms with van der Waals surface area (Å²) in [6, 6.07) is 19.8. The molecule has 0 bridgehead atoms. The predicted molar refractivity (Wildman–Crippen MR) is 113 cm³/mol. The molecule has 0 aliphatic carbocycles. The highest BCUT2D eigenvalue weighted by molar-refractivity contribution is 8.02. The Bertz CT molecular complexity index is 963. The van der Waals surface area contributed by atoms with E-state index in [-0.39, 0.29) is 11.2 Å². The van der Waals surface area contributed by atoms with Crippen LogP contribution in [0, 0.1) is 3.95 Å². The summed E-state index contributed by atoms with van der Waals surface area (Å²) >= 11 is 8.45. The normalized spacial score (nSPS) is 15.0. The second kappa shape index (κ2) is 8.37. The second-order valence-corrected chi connectivity index (χ2v) is 9.30. The molecule has 0 unspecified atom stereocenters. The summed E-state index contributed by atoms with van der Waals surface area (Å²) in [5, 5.41) is 4.38. The molecule has 1 aliphatic rings. The van der Waals surface area contributed by atoms with Crippen LogP contribution in [0.2, 0.25) is 0 Å². The molecular weight excluding hydrogens is 394 g/mol. The number of carbonyl (C=O) groups excluding carboxylic acids is 1. The van der Waals surface area contributed by atoms with Crippen molar-refractivity contribution in [3.8, 4) is 5.69 Å². The zero-order valence-electron chi connectivity index (χ0n) is 14.7. The van der Waals surface area contributed by atoms with Gasteiger partial charge in [-0.15, -0.1) is 5.10 Å². The van der Waals surface area contributed by atoms with Gasteiger partial charge in [-0.25, -0.2) is 4.68 Å². The van der Waals surface area contributed by atoms with Crippen molar-refractivity contribution in [3.05, 3.63) is 70.2 Å². The smallest absolute Gasteiger partial charge is 0.240 e. The van der Waals surface area contributed by atoms with Crippen molar-refractivity contribution in [2.45, 2.75) is 22.4 Å². The number of rotatable bonds is 5. The molecule has 0 N–H and O–H groups in total. The Morgan fingerprint density at radius 3 is 2.33 bits per heavy atom. The Morgan fingerprint density at radius 2 is 1.67 bits per heavy atom. The van der Waals surface area contributed by atoms with Crippen LogP contribution >= 0.6 is 35.3 Å². The molecule has 4 rings (SSSR count). The minimum atomic E-state index is -0.297. The number of benzene rings is 2. The molecule has 1 fully saturated rings. The van der Waals surface area contributed by atoms with Gasteiger partial charge in [0.25, 0.3) is 0 Å². The van der Waals surface area contributed by atoms with E-state index >= 15 is 0 Å². The van der Waals surface area contributed by atoms with E-state index in [2.05, 4.69) is 5.10 Å². The molecule has 1 atom stereocenters. The minimum Gasteiger partial charge on any atom is -0.341 e. The van der Waals surface area contributed by atoms with E-state index in [0.29, 0.717) is 3.95 Å². The molecule has 1 aliphatic heterocycles. The molecule has 1 amide bonds. The minimum absolute atomic E-state index is 0.163. The van der Waals surface area contributed by atoms with Gasteiger partial charge in [-0.1, -0.05) is 71.6 Å². The van der Waals surface area contributed by atoms with Crippen molar-refractivity contribution in [2.75, 3.05) is 13.1 Å². The molecule has 0 radical (unpaired) electrons. The van der Waals surface area contributed by atoms with E-state index < -0.39 is 0 Å². The molecule has 138 valence electrons. The summed E-state index contributed by atoms with van der Waals surface area (Å²) in [5.74, 6) is 0.163. The Kier molecular flexibility index (Phi) is 5.71. The highest BCUT2D eigenvalue weighted by atomic mass is 32.2. The van der Waals surface area contributed by atoms with E-state index in [1.165, 1.54) is 23.1 Å². The van der Waals surface area contributed by atoms with Crippen LogP contribution in [0.25, 0.3) is 5.69 Å². The zero-order chi connectivity index (χ0) is 18.6. The van der Waals surface area contributed by atoms with Crippen molar-refractivity contribution in [1.82, 2.24) is 14.7 Å². The van der Waals surface area contributed by atoms with Crippen LogP contribution in [-0.2, 0) is 4.79 Å². The van der Waals surface area contributed by atoms with Gasteiger partial charge in [-0.05, 0) is 42.8 Å². The van der Waals surface area contributed by atoms with Crippen LogP contribution in [-0.4, -0.2) is 33.7 Å². The van der Waals surface area contributed by atoms with E-state index in [1.807, 2.05) is 65.6 Å². The van der Waals surface area contributed by atoms with Crippen LogP contribution in [0.3, 0.4) is 0 Å². The van der Waals surface area contributed by atoms with Gasteiger partial charge in [0.15, 0.2) is 8.29 Å². The number of para-hydroxylation sites is 1. The summed E-state index contributed by atoms with van der Waals surface area (Å²) in [4.78, 5) is 15.1. The molecule has 2 heterocycles. The first kappa shape index (κ1) is 18.4. The average Bonchev–Trinajstić information content (AvgIpc) is 3.37. The Labute approximate surface area is 171 Å². The number of aromatic nitrogens is 2. The fraction of sp³-hybridized carbons (Fsp3) is 0.250. The van der Waals surface area contributed by atoms with Gasteiger partial charge in [0.1, 0.15) is 5.25 Å². The lowest BCUT2D eigenvalue weighted by atomic mass is 10.1. The number of carbonyl (C=O) groups is 1. The van der Waals surface area contributed by atoms with Gasteiger partial charge in [0.2, 0.25) is 5.91 Å². The van der Waals surface area contributed by atoms with Crippen LogP contribution < -0.4 is 0 Å². The Balaban J connectivity index is 1.64. The molecule has 0 spiro atoms.